The van der Waals surface area contributed by atoms with Crippen molar-refractivity contribution in [1.29, 1.82) is 0 Å². The summed E-state index contributed by atoms with van der Waals surface area (Å²) in [6.07, 6.45) is 5.94. The van der Waals surface area contributed by atoms with E-state index in [0.717, 1.165) is 29.8 Å². The first-order valence-electron chi connectivity index (χ1n) is 9.01. The summed E-state index contributed by atoms with van der Waals surface area (Å²) >= 11 is 1.83. The molecule has 1 aliphatic carbocycles. The first-order valence-corrected chi connectivity index (χ1v) is 9.99. The number of hydrogen-bond donors (Lipinski definition) is 0. The lowest BCUT2D eigenvalue weighted by Crippen LogP contribution is -2.45. The third kappa shape index (κ3) is 3.40. The molecule has 0 radical (unpaired) electrons. The van der Waals surface area contributed by atoms with E-state index < -0.39 is 0 Å². The topological polar surface area (TPSA) is 29.5 Å². The molecule has 4 heteroatoms. The molecule has 0 unspecified atom stereocenters. The van der Waals surface area contributed by atoms with Crippen LogP contribution in [-0.2, 0) is 11.4 Å². The number of hydrogen-bond acceptors (Lipinski definition) is 3. The Morgan fingerprint density at radius 2 is 1.68 bits per heavy atom. The second-order valence-corrected chi connectivity index (χ2v) is 8.13. The molecule has 0 atom stereocenters. The van der Waals surface area contributed by atoms with E-state index in [1.165, 1.54) is 19.3 Å². The van der Waals surface area contributed by atoms with Crippen LogP contribution in [0.1, 0.15) is 37.7 Å². The molecule has 1 spiro atoms. The van der Waals surface area contributed by atoms with Gasteiger partial charge in [-0.2, -0.15) is 0 Å². The maximum atomic E-state index is 12.5. The van der Waals surface area contributed by atoms with Gasteiger partial charge >= 0.3 is 0 Å². The number of ether oxygens (including phenoxy) is 1. The SMILES string of the molecule is O=C1CSC2(CCCCC2)N1c1ccc(OCc2ccccc2)cc1. The van der Waals surface area contributed by atoms with Gasteiger partial charge in [0, 0.05) is 5.69 Å². The number of rotatable bonds is 4. The average molecular weight is 353 g/mol. The zero-order chi connectivity index (χ0) is 17.1. The van der Waals surface area contributed by atoms with Crippen molar-refractivity contribution in [2.45, 2.75) is 43.6 Å². The first kappa shape index (κ1) is 16.5. The maximum Gasteiger partial charge on any atom is 0.238 e. The lowest BCUT2D eigenvalue weighted by Gasteiger charge is -2.40. The number of nitrogens with zero attached hydrogens (tertiary/aromatic N) is 1. The Hall–Kier alpha value is -1.94. The molecule has 2 aliphatic rings. The smallest absolute Gasteiger partial charge is 0.238 e. The third-order valence-corrected chi connectivity index (χ3v) is 6.62. The highest BCUT2D eigenvalue weighted by molar-refractivity contribution is 8.02. The van der Waals surface area contributed by atoms with Crippen LogP contribution in [0.5, 0.6) is 5.75 Å². The minimum atomic E-state index is -0.0122. The molecule has 2 aromatic carbocycles. The number of carbonyl (C=O) groups is 1. The molecule has 3 nitrogen and oxygen atoms in total. The Morgan fingerprint density at radius 3 is 2.40 bits per heavy atom. The molecular weight excluding hydrogens is 330 g/mol. The summed E-state index contributed by atoms with van der Waals surface area (Å²) in [7, 11) is 0. The van der Waals surface area contributed by atoms with Gasteiger partial charge in [-0.15, -0.1) is 11.8 Å². The minimum absolute atomic E-state index is 0.0122. The molecule has 1 saturated heterocycles. The Balaban J connectivity index is 1.48. The van der Waals surface area contributed by atoms with Crippen molar-refractivity contribution in [3.8, 4) is 5.75 Å². The Bertz CT molecular complexity index is 723. The van der Waals surface area contributed by atoms with Crippen molar-refractivity contribution in [2.75, 3.05) is 10.7 Å². The van der Waals surface area contributed by atoms with Crippen LogP contribution in [0.2, 0.25) is 0 Å². The van der Waals surface area contributed by atoms with Crippen LogP contribution in [0.4, 0.5) is 5.69 Å². The standard InChI is InChI=1S/C21H23NO2S/c23-20-16-25-21(13-5-2-6-14-21)22(20)18-9-11-19(12-10-18)24-15-17-7-3-1-4-8-17/h1,3-4,7-12H,2,5-6,13-16H2. The highest BCUT2D eigenvalue weighted by Crippen LogP contribution is 2.49. The van der Waals surface area contributed by atoms with Gasteiger partial charge in [-0.1, -0.05) is 49.6 Å². The molecule has 0 N–H and O–H groups in total. The van der Waals surface area contributed by atoms with E-state index in [-0.39, 0.29) is 10.8 Å². The van der Waals surface area contributed by atoms with Crippen LogP contribution in [0.25, 0.3) is 0 Å². The normalized spacial score (nSPS) is 19.4. The second-order valence-electron chi connectivity index (χ2n) is 6.79. The molecule has 25 heavy (non-hydrogen) atoms. The molecule has 2 aromatic rings. The fourth-order valence-corrected chi connectivity index (χ4v) is 5.27. The van der Waals surface area contributed by atoms with Gasteiger partial charge in [0.1, 0.15) is 12.4 Å². The molecule has 1 heterocycles. The minimum Gasteiger partial charge on any atom is -0.489 e. The quantitative estimate of drug-likeness (QED) is 0.774. The van der Waals surface area contributed by atoms with Gasteiger partial charge < -0.3 is 4.74 Å². The summed E-state index contributed by atoms with van der Waals surface area (Å²) in [4.78, 5) is 14.6. The zero-order valence-electron chi connectivity index (χ0n) is 14.3. The Morgan fingerprint density at radius 1 is 0.960 bits per heavy atom. The van der Waals surface area contributed by atoms with E-state index in [4.69, 9.17) is 4.74 Å². The van der Waals surface area contributed by atoms with Crippen molar-refractivity contribution in [1.82, 2.24) is 0 Å². The van der Waals surface area contributed by atoms with E-state index in [9.17, 15) is 4.79 Å². The molecule has 130 valence electrons. The van der Waals surface area contributed by atoms with Gasteiger partial charge in [0.15, 0.2) is 0 Å². The highest BCUT2D eigenvalue weighted by atomic mass is 32.2. The molecule has 1 saturated carbocycles. The van der Waals surface area contributed by atoms with Crippen molar-refractivity contribution in [3.63, 3.8) is 0 Å². The fraction of sp³-hybridized carbons (Fsp3) is 0.381. The van der Waals surface area contributed by atoms with E-state index in [2.05, 4.69) is 17.0 Å². The van der Waals surface area contributed by atoms with E-state index in [1.807, 2.05) is 54.2 Å². The third-order valence-electron chi connectivity index (χ3n) is 5.10. The van der Waals surface area contributed by atoms with Crippen molar-refractivity contribution in [3.05, 3.63) is 60.2 Å². The lowest BCUT2D eigenvalue weighted by atomic mass is 9.93. The predicted molar refractivity (Wildman–Crippen MR) is 103 cm³/mol. The van der Waals surface area contributed by atoms with Crippen LogP contribution in [0.15, 0.2) is 54.6 Å². The van der Waals surface area contributed by atoms with Gasteiger partial charge in [0.05, 0.1) is 10.6 Å². The molecule has 4 rings (SSSR count). The number of thioether (sulfide) groups is 1. The zero-order valence-corrected chi connectivity index (χ0v) is 15.1. The maximum absolute atomic E-state index is 12.5. The summed E-state index contributed by atoms with van der Waals surface area (Å²) in [6, 6.07) is 18.2. The van der Waals surface area contributed by atoms with Gasteiger partial charge in [0.25, 0.3) is 0 Å². The Labute approximate surface area is 153 Å². The molecule has 2 fully saturated rings. The largest absolute Gasteiger partial charge is 0.489 e. The van der Waals surface area contributed by atoms with Crippen molar-refractivity contribution in [2.24, 2.45) is 0 Å². The van der Waals surface area contributed by atoms with Crippen molar-refractivity contribution < 1.29 is 9.53 Å². The van der Waals surface area contributed by atoms with Gasteiger partial charge in [0.2, 0.25) is 5.91 Å². The van der Waals surface area contributed by atoms with Crippen LogP contribution in [0, 0.1) is 0 Å². The summed E-state index contributed by atoms with van der Waals surface area (Å²) in [5.41, 5.74) is 2.16. The average Bonchev–Trinajstić information content (AvgIpc) is 2.98. The second kappa shape index (κ2) is 7.12. The van der Waals surface area contributed by atoms with E-state index in [0.29, 0.717) is 12.4 Å². The van der Waals surface area contributed by atoms with Gasteiger partial charge in [-0.05, 0) is 42.7 Å². The van der Waals surface area contributed by atoms with Crippen LogP contribution >= 0.6 is 11.8 Å². The fourth-order valence-electron chi connectivity index (χ4n) is 3.84. The molecular formula is C21H23NO2S. The molecule has 0 bridgehead atoms. The van der Waals surface area contributed by atoms with Crippen LogP contribution < -0.4 is 9.64 Å². The van der Waals surface area contributed by atoms with Gasteiger partial charge in [-0.3, -0.25) is 9.69 Å². The Kier molecular flexibility index (Phi) is 4.71. The number of amides is 1. The van der Waals surface area contributed by atoms with Crippen molar-refractivity contribution >= 4 is 23.4 Å². The summed E-state index contributed by atoms with van der Waals surface area (Å²) in [6.45, 7) is 0.558. The monoisotopic (exact) mass is 353 g/mol. The first-order chi connectivity index (χ1) is 12.3. The highest BCUT2D eigenvalue weighted by Gasteiger charge is 2.47. The number of anilines is 1. The van der Waals surface area contributed by atoms with Gasteiger partial charge in [-0.25, -0.2) is 0 Å². The van der Waals surface area contributed by atoms with Crippen LogP contribution in [0.3, 0.4) is 0 Å². The van der Waals surface area contributed by atoms with E-state index >= 15 is 0 Å². The summed E-state index contributed by atoms with van der Waals surface area (Å²) in [5.74, 6) is 1.68. The molecule has 1 amide bonds. The van der Waals surface area contributed by atoms with E-state index in [1.54, 1.807) is 0 Å². The summed E-state index contributed by atoms with van der Waals surface area (Å²) < 4.78 is 5.86. The number of carbonyl (C=O) groups excluding carboxylic acids is 1. The lowest BCUT2D eigenvalue weighted by molar-refractivity contribution is -0.116. The number of benzene rings is 2. The predicted octanol–water partition coefficient (Wildman–Crippen LogP) is 5.01. The summed E-state index contributed by atoms with van der Waals surface area (Å²) in [5, 5.41) is 0. The molecule has 0 aromatic heterocycles. The molecule has 1 aliphatic heterocycles. The van der Waals surface area contributed by atoms with Crippen LogP contribution in [-0.4, -0.2) is 16.5 Å².